The topological polar surface area (TPSA) is 40.1 Å². The minimum absolute atomic E-state index is 0. The van der Waals surface area contributed by atoms with Gasteiger partial charge in [-0.05, 0) is 25.7 Å². The number of carboxylic acid groups (broad SMARTS) is 1. The van der Waals surface area contributed by atoms with Crippen molar-refractivity contribution in [2.75, 3.05) is 0 Å². The van der Waals surface area contributed by atoms with Gasteiger partial charge in [0, 0.05) is 30.9 Å². The van der Waals surface area contributed by atoms with Gasteiger partial charge in [-0.25, -0.2) is 0 Å². The average molecular weight is 248 g/mol. The maximum Gasteiger partial charge on any atom is 0.0467 e. The zero-order chi connectivity index (χ0) is 10.3. The van der Waals surface area contributed by atoms with Gasteiger partial charge in [-0.3, -0.25) is 0 Å². The Morgan fingerprint density at radius 3 is 1.86 bits per heavy atom. The number of aliphatic carboxylic acids is 1. The van der Waals surface area contributed by atoms with Crippen molar-refractivity contribution in [3.05, 3.63) is 18.6 Å². The Kier molecular flexibility index (Phi) is 9.49. The molecule has 0 N–H and O–H groups in total. The summed E-state index contributed by atoms with van der Waals surface area (Å²) in [5.74, 6) is -1.01. The molecule has 0 atom stereocenters. The van der Waals surface area contributed by atoms with Gasteiger partial charge in [0.1, 0.15) is 0 Å². The Morgan fingerprint density at radius 1 is 1.29 bits per heavy atom. The third-order valence-electron chi connectivity index (χ3n) is 1.63. The number of carbonyl (C=O) groups is 1. The molecule has 14 heavy (non-hydrogen) atoms. The maximum atomic E-state index is 9.91. The second kappa shape index (κ2) is 8.17. The summed E-state index contributed by atoms with van der Waals surface area (Å²) in [4.78, 5) is 9.91. The fourth-order valence-corrected chi connectivity index (χ4v) is 0.642. The number of carbonyl (C=O) groups excluding carboxylic acids is 1. The van der Waals surface area contributed by atoms with E-state index in [4.69, 9.17) is 0 Å². The molecule has 1 rings (SSSR count). The van der Waals surface area contributed by atoms with Crippen LogP contribution in [0.15, 0.2) is 12.2 Å². The number of carboxylic acids is 1. The first-order chi connectivity index (χ1) is 5.94. The van der Waals surface area contributed by atoms with Crippen molar-refractivity contribution in [1.29, 1.82) is 0 Å². The normalized spacial score (nSPS) is 14.8. The maximum absolute atomic E-state index is 9.91. The largest absolute Gasteiger partial charge is 0.550 e. The molecule has 1 aliphatic rings. The second-order valence-electron chi connectivity index (χ2n) is 4.13. The number of allylic oxidation sites excluding steroid dienone is 2. The van der Waals surface area contributed by atoms with Gasteiger partial charge >= 0.3 is 0 Å². The van der Waals surface area contributed by atoms with E-state index in [1.165, 1.54) is 19.3 Å². The van der Waals surface area contributed by atoms with Crippen molar-refractivity contribution >= 4 is 5.97 Å². The van der Waals surface area contributed by atoms with Crippen LogP contribution in [0.3, 0.4) is 0 Å². The molecule has 77 valence electrons. The Balaban J connectivity index is 0. The van der Waals surface area contributed by atoms with Crippen molar-refractivity contribution in [3.63, 3.8) is 0 Å². The smallest absolute Gasteiger partial charge is 0.0467 e. The van der Waals surface area contributed by atoms with Crippen LogP contribution in [0.4, 0.5) is 0 Å². The SMILES string of the molecule is CC(C)(C)C(=O)[O-].[CH]1C=CCCC1.[Zn]. The van der Waals surface area contributed by atoms with Crippen LogP contribution in [0.2, 0.25) is 0 Å². The summed E-state index contributed by atoms with van der Waals surface area (Å²) in [6, 6.07) is 0. The van der Waals surface area contributed by atoms with Gasteiger partial charge < -0.3 is 9.90 Å². The van der Waals surface area contributed by atoms with Crippen LogP contribution < -0.4 is 5.11 Å². The molecule has 0 bridgehead atoms. The number of hydrogen-bond acceptors (Lipinski definition) is 2. The molecular weight excluding hydrogens is 230 g/mol. The molecule has 0 aliphatic heterocycles. The molecule has 1 aliphatic carbocycles. The molecule has 0 aromatic rings. The Morgan fingerprint density at radius 2 is 1.79 bits per heavy atom. The summed E-state index contributed by atoms with van der Waals surface area (Å²) in [5.41, 5.74) is -0.694. The van der Waals surface area contributed by atoms with E-state index in [0.29, 0.717) is 0 Å². The Labute approximate surface area is 99.5 Å². The quantitative estimate of drug-likeness (QED) is 0.612. The summed E-state index contributed by atoms with van der Waals surface area (Å²) in [6.45, 7) is 4.80. The van der Waals surface area contributed by atoms with Crippen LogP contribution in [-0.2, 0) is 24.3 Å². The van der Waals surface area contributed by atoms with Gasteiger partial charge in [-0.15, -0.1) is 0 Å². The molecule has 0 spiro atoms. The third-order valence-corrected chi connectivity index (χ3v) is 1.63. The summed E-state index contributed by atoms with van der Waals surface area (Å²) < 4.78 is 0. The average Bonchev–Trinajstić information content (AvgIpc) is 2.07. The summed E-state index contributed by atoms with van der Waals surface area (Å²) in [5, 5.41) is 9.91. The number of hydrogen-bond donors (Lipinski definition) is 0. The van der Waals surface area contributed by atoms with Crippen LogP contribution in [0.5, 0.6) is 0 Å². The van der Waals surface area contributed by atoms with E-state index in [1.54, 1.807) is 20.8 Å². The molecule has 0 aromatic carbocycles. The molecule has 0 fully saturated rings. The molecular formula is C11H18O2Zn-. The first-order valence-corrected chi connectivity index (χ1v) is 4.64. The minimum atomic E-state index is -1.01. The molecule has 3 heteroatoms. The summed E-state index contributed by atoms with van der Waals surface area (Å²) in [7, 11) is 0. The molecule has 0 aromatic heterocycles. The van der Waals surface area contributed by atoms with Gasteiger partial charge in [-0.2, -0.15) is 0 Å². The fourth-order valence-electron chi connectivity index (χ4n) is 0.642. The fraction of sp³-hybridized carbons (Fsp3) is 0.636. The van der Waals surface area contributed by atoms with Crippen LogP contribution in [0, 0.1) is 11.8 Å². The van der Waals surface area contributed by atoms with Crippen molar-refractivity contribution in [2.45, 2.75) is 40.0 Å². The van der Waals surface area contributed by atoms with Crippen molar-refractivity contribution < 1.29 is 29.4 Å². The van der Waals surface area contributed by atoms with E-state index in [-0.39, 0.29) is 19.5 Å². The predicted molar refractivity (Wildman–Crippen MR) is 51.8 cm³/mol. The predicted octanol–water partition coefficient (Wildman–Crippen LogP) is 1.71. The Bertz CT molecular complexity index is 172. The van der Waals surface area contributed by atoms with E-state index >= 15 is 0 Å². The van der Waals surface area contributed by atoms with Gasteiger partial charge in [-0.1, -0.05) is 32.9 Å². The van der Waals surface area contributed by atoms with Gasteiger partial charge in [0.25, 0.3) is 0 Å². The molecule has 0 unspecified atom stereocenters. The van der Waals surface area contributed by atoms with E-state index in [2.05, 4.69) is 18.6 Å². The van der Waals surface area contributed by atoms with Crippen molar-refractivity contribution in [3.8, 4) is 0 Å². The van der Waals surface area contributed by atoms with Crippen molar-refractivity contribution in [2.24, 2.45) is 5.41 Å². The van der Waals surface area contributed by atoms with Crippen LogP contribution in [0.1, 0.15) is 40.0 Å². The molecule has 2 nitrogen and oxygen atoms in total. The molecule has 0 saturated carbocycles. The van der Waals surface area contributed by atoms with Crippen LogP contribution in [0.25, 0.3) is 0 Å². The third kappa shape index (κ3) is 9.92. The zero-order valence-corrected chi connectivity index (χ0v) is 12.3. The number of rotatable bonds is 0. The van der Waals surface area contributed by atoms with E-state index in [0.717, 1.165) is 0 Å². The first kappa shape index (κ1) is 16.3. The molecule has 0 heterocycles. The van der Waals surface area contributed by atoms with E-state index in [9.17, 15) is 9.90 Å². The summed E-state index contributed by atoms with van der Waals surface area (Å²) >= 11 is 0. The Hall–Kier alpha value is -0.167. The minimum Gasteiger partial charge on any atom is -0.550 e. The van der Waals surface area contributed by atoms with Gasteiger partial charge in [0.15, 0.2) is 0 Å². The van der Waals surface area contributed by atoms with Crippen molar-refractivity contribution in [1.82, 2.24) is 0 Å². The molecule has 0 saturated heterocycles. The van der Waals surface area contributed by atoms with Gasteiger partial charge in [0.2, 0.25) is 0 Å². The second-order valence-corrected chi connectivity index (χ2v) is 4.13. The monoisotopic (exact) mass is 246 g/mol. The van der Waals surface area contributed by atoms with E-state index < -0.39 is 11.4 Å². The van der Waals surface area contributed by atoms with Crippen LogP contribution in [-0.4, -0.2) is 5.97 Å². The molecule has 1 radical (unpaired) electrons. The zero-order valence-electron chi connectivity index (χ0n) is 9.38. The standard InChI is InChI=1S/C6H9.C5H10O2.Zn/c1-2-4-6-5-3-1;1-5(2,3)4(6)7;/h1-3H,4-6H2;1-3H3,(H,6,7);/p-1. The van der Waals surface area contributed by atoms with E-state index in [1.807, 2.05) is 0 Å². The first-order valence-electron chi connectivity index (χ1n) is 4.64. The van der Waals surface area contributed by atoms with Crippen LogP contribution >= 0.6 is 0 Å². The molecule has 0 amide bonds. The van der Waals surface area contributed by atoms with Gasteiger partial charge in [0.05, 0.1) is 0 Å². The summed E-state index contributed by atoms with van der Waals surface area (Å²) in [6.07, 6.45) is 10.5.